The highest BCUT2D eigenvalue weighted by Crippen LogP contribution is 2.19. The fraction of sp³-hybridized carbons (Fsp3) is 0.875. The van der Waals surface area contributed by atoms with Crippen molar-refractivity contribution in [2.45, 2.75) is 32.4 Å². The Morgan fingerprint density at radius 3 is 2.62 bits per heavy atom. The molecule has 0 aliphatic rings. The van der Waals surface area contributed by atoms with Crippen molar-refractivity contribution in [3.8, 4) is 0 Å². The van der Waals surface area contributed by atoms with E-state index in [1.54, 1.807) is 11.8 Å². The number of carbonyl (C=O) groups is 1. The Bertz CT molecular complexity index is 153. The van der Waals surface area contributed by atoms with Crippen LogP contribution >= 0.6 is 11.8 Å². The molecule has 0 bridgehead atoms. The summed E-state index contributed by atoms with van der Waals surface area (Å²) in [5, 5.41) is 0.568. The molecular formula is C8H18N2O2S. The number of thioether (sulfide) groups is 1. The van der Waals surface area contributed by atoms with Gasteiger partial charge in [0.25, 0.3) is 0 Å². The van der Waals surface area contributed by atoms with E-state index in [0.717, 1.165) is 5.75 Å². The van der Waals surface area contributed by atoms with Crippen molar-refractivity contribution in [3.63, 3.8) is 0 Å². The van der Waals surface area contributed by atoms with Crippen LogP contribution in [0, 0.1) is 5.92 Å². The zero-order valence-corrected chi connectivity index (χ0v) is 9.19. The lowest BCUT2D eigenvalue weighted by Gasteiger charge is -2.13. The first kappa shape index (κ1) is 12.7. The summed E-state index contributed by atoms with van der Waals surface area (Å²) in [4.78, 5) is 15.2. The molecular weight excluding hydrogens is 188 g/mol. The highest BCUT2D eigenvalue weighted by molar-refractivity contribution is 7.99. The second kappa shape index (κ2) is 7.17. The molecule has 0 aromatic carbocycles. The zero-order chi connectivity index (χ0) is 10.3. The van der Waals surface area contributed by atoms with Gasteiger partial charge in [-0.3, -0.25) is 4.79 Å². The van der Waals surface area contributed by atoms with Crippen LogP contribution in [-0.4, -0.2) is 17.0 Å². The van der Waals surface area contributed by atoms with Gasteiger partial charge < -0.3 is 4.84 Å². The number of carbonyl (C=O) groups excluding carboxylic acids is 1. The summed E-state index contributed by atoms with van der Waals surface area (Å²) in [7, 11) is 0. The van der Waals surface area contributed by atoms with Crippen LogP contribution in [0.4, 0.5) is 0 Å². The Hall–Kier alpha value is -0.260. The number of nitrogens with one attached hydrogen (secondary N) is 1. The lowest BCUT2D eigenvalue weighted by Crippen LogP contribution is -2.26. The molecule has 4 nitrogen and oxygen atoms in total. The van der Waals surface area contributed by atoms with Crippen molar-refractivity contribution in [1.29, 1.82) is 0 Å². The number of rotatable bonds is 6. The molecule has 0 heterocycles. The van der Waals surface area contributed by atoms with E-state index >= 15 is 0 Å². The molecule has 0 aromatic heterocycles. The number of nitrogens with two attached hydrogens (primary N) is 1. The van der Waals surface area contributed by atoms with E-state index in [1.165, 1.54) is 0 Å². The van der Waals surface area contributed by atoms with Crippen LogP contribution in [0.15, 0.2) is 0 Å². The quantitative estimate of drug-likeness (QED) is 0.503. The molecule has 0 aliphatic heterocycles. The first-order valence-corrected chi connectivity index (χ1v) is 5.39. The smallest absolute Gasteiger partial charge is 0.327 e. The Labute approximate surface area is 83.5 Å². The minimum atomic E-state index is -0.314. The standard InChI is InChI=1S/C8H18N2O2S/c1-6(2)7(3)13-5-4-8(11)12-10-9/h6-7,10H,4-5,9H2,1-3H3. The molecule has 0 saturated carbocycles. The van der Waals surface area contributed by atoms with Crippen LogP contribution in [0.3, 0.4) is 0 Å². The minimum Gasteiger partial charge on any atom is -0.356 e. The summed E-state index contributed by atoms with van der Waals surface area (Å²) in [6.07, 6.45) is 0.395. The molecule has 0 radical (unpaired) electrons. The molecule has 0 aromatic rings. The van der Waals surface area contributed by atoms with E-state index in [4.69, 9.17) is 5.84 Å². The molecule has 0 saturated heterocycles. The van der Waals surface area contributed by atoms with Crippen LogP contribution in [0.5, 0.6) is 0 Å². The van der Waals surface area contributed by atoms with Gasteiger partial charge in [0.05, 0.1) is 6.42 Å². The third-order valence-electron chi connectivity index (χ3n) is 1.80. The second-order valence-corrected chi connectivity index (χ2v) is 4.65. The summed E-state index contributed by atoms with van der Waals surface area (Å²) >= 11 is 1.77. The van der Waals surface area contributed by atoms with Crippen LogP contribution < -0.4 is 11.4 Å². The normalized spacial score (nSPS) is 13.0. The monoisotopic (exact) mass is 206 g/mol. The van der Waals surface area contributed by atoms with Gasteiger partial charge in [-0.2, -0.15) is 11.8 Å². The maximum absolute atomic E-state index is 10.8. The van der Waals surface area contributed by atoms with Crippen LogP contribution in [0.1, 0.15) is 27.2 Å². The minimum absolute atomic E-state index is 0.314. The molecule has 3 N–H and O–H groups in total. The largest absolute Gasteiger partial charge is 0.356 e. The lowest BCUT2D eigenvalue weighted by molar-refractivity contribution is -0.150. The number of hydrazine groups is 1. The van der Waals surface area contributed by atoms with Gasteiger partial charge in [-0.15, -0.1) is 0 Å². The van der Waals surface area contributed by atoms with Gasteiger partial charge in [0.1, 0.15) is 0 Å². The van der Waals surface area contributed by atoms with E-state index in [9.17, 15) is 4.79 Å². The van der Waals surface area contributed by atoms with Gasteiger partial charge in [-0.1, -0.05) is 26.4 Å². The Balaban J connectivity index is 3.39. The highest BCUT2D eigenvalue weighted by atomic mass is 32.2. The molecule has 0 fully saturated rings. The topological polar surface area (TPSA) is 64.3 Å². The van der Waals surface area contributed by atoms with Crippen LogP contribution in [-0.2, 0) is 9.63 Å². The fourth-order valence-electron chi connectivity index (χ4n) is 0.637. The van der Waals surface area contributed by atoms with Crippen molar-refractivity contribution in [2.75, 3.05) is 5.75 Å². The van der Waals surface area contributed by atoms with Crippen LogP contribution in [0.25, 0.3) is 0 Å². The average molecular weight is 206 g/mol. The van der Waals surface area contributed by atoms with E-state index < -0.39 is 0 Å². The van der Waals surface area contributed by atoms with Gasteiger partial charge in [0, 0.05) is 11.0 Å². The molecule has 1 atom stereocenters. The SMILES string of the molecule is CC(C)C(C)SCCC(=O)ONN. The van der Waals surface area contributed by atoms with Crippen molar-refractivity contribution < 1.29 is 9.63 Å². The van der Waals surface area contributed by atoms with Crippen molar-refractivity contribution >= 4 is 17.7 Å². The molecule has 0 spiro atoms. The van der Waals surface area contributed by atoms with Crippen LogP contribution in [0.2, 0.25) is 0 Å². The van der Waals surface area contributed by atoms with Crippen molar-refractivity contribution in [2.24, 2.45) is 11.8 Å². The molecule has 1 unspecified atom stereocenters. The Morgan fingerprint density at radius 2 is 2.15 bits per heavy atom. The molecule has 0 amide bonds. The molecule has 78 valence electrons. The summed E-state index contributed by atoms with van der Waals surface area (Å²) in [6.45, 7) is 6.48. The third kappa shape index (κ3) is 6.86. The summed E-state index contributed by atoms with van der Waals surface area (Å²) < 4.78 is 0. The maximum atomic E-state index is 10.8. The third-order valence-corrected chi connectivity index (χ3v) is 3.31. The van der Waals surface area contributed by atoms with Gasteiger partial charge in [0.2, 0.25) is 0 Å². The highest BCUT2D eigenvalue weighted by Gasteiger charge is 2.09. The maximum Gasteiger partial charge on any atom is 0.327 e. The number of hydrogen-bond acceptors (Lipinski definition) is 5. The summed E-state index contributed by atoms with van der Waals surface area (Å²) in [5.41, 5.74) is 1.87. The average Bonchev–Trinajstić information content (AvgIpc) is 2.04. The Kier molecular flexibility index (Phi) is 7.03. The molecule has 5 heteroatoms. The molecule has 0 aliphatic carbocycles. The fourth-order valence-corrected chi connectivity index (χ4v) is 1.68. The number of hydrogen-bond donors (Lipinski definition) is 2. The lowest BCUT2D eigenvalue weighted by atomic mass is 10.2. The predicted octanol–water partition coefficient (Wildman–Crippen LogP) is 1.08. The molecule has 13 heavy (non-hydrogen) atoms. The zero-order valence-electron chi connectivity index (χ0n) is 8.37. The van der Waals surface area contributed by atoms with E-state index in [1.807, 2.05) is 5.59 Å². The van der Waals surface area contributed by atoms with Gasteiger partial charge in [-0.25, -0.2) is 5.84 Å². The van der Waals surface area contributed by atoms with Gasteiger partial charge >= 0.3 is 5.97 Å². The Morgan fingerprint density at radius 1 is 1.54 bits per heavy atom. The van der Waals surface area contributed by atoms with Gasteiger partial charge in [0.15, 0.2) is 0 Å². The van der Waals surface area contributed by atoms with E-state index in [2.05, 4.69) is 25.6 Å². The van der Waals surface area contributed by atoms with E-state index in [0.29, 0.717) is 17.6 Å². The second-order valence-electron chi connectivity index (χ2n) is 3.16. The van der Waals surface area contributed by atoms with Crippen molar-refractivity contribution in [1.82, 2.24) is 5.59 Å². The first-order chi connectivity index (χ1) is 6.07. The predicted molar refractivity (Wildman–Crippen MR) is 54.8 cm³/mol. The van der Waals surface area contributed by atoms with E-state index in [-0.39, 0.29) is 5.97 Å². The van der Waals surface area contributed by atoms with Gasteiger partial charge in [-0.05, 0) is 5.92 Å². The summed E-state index contributed by atoms with van der Waals surface area (Å²) in [6, 6.07) is 0. The first-order valence-electron chi connectivity index (χ1n) is 4.34. The summed E-state index contributed by atoms with van der Waals surface area (Å²) in [5.74, 6) is 5.91. The van der Waals surface area contributed by atoms with Crippen molar-refractivity contribution in [3.05, 3.63) is 0 Å². The molecule has 0 rings (SSSR count).